The Kier molecular flexibility index (Phi) is 3.95. The van der Waals surface area contributed by atoms with E-state index in [9.17, 15) is 10.1 Å². The molecule has 0 saturated carbocycles. The van der Waals surface area contributed by atoms with Crippen LogP contribution < -0.4 is 5.32 Å². The molecular formula is C19H13N5O2. The average Bonchev–Trinajstić information content (AvgIpc) is 2.68. The highest BCUT2D eigenvalue weighted by Crippen LogP contribution is 2.31. The molecular weight excluding hydrogens is 330 g/mol. The summed E-state index contributed by atoms with van der Waals surface area (Å²) in [6, 6.07) is 17.5. The fraction of sp³-hybridized carbons (Fsp3) is 0. The predicted molar refractivity (Wildman–Crippen MR) is 99.1 cm³/mol. The Bertz CT molecular complexity index is 1100. The molecule has 2 aromatic carbocycles. The summed E-state index contributed by atoms with van der Waals surface area (Å²) in [6.45, 7) is 0. The zero-order chi connectivity index (χ0) is 17.9. The molecule has 7 nitrogen and oxygen atoms in total. The third kappa shape index (κ3) is 3.05. The summed E-state index contributed by atoms with van der Waals surface area (Å²) in [5, 5.41) is 14.3. The second kappa shape index (κ2) is 6.56. The SMILES string of the molecule is O=[N+]([O-])c1cccc(-c2nc3ccccc3nc2Nc2ccncc2)c1. The topological polar surface area (TPSA) is 93.8 Å². The van der Waals surface area contributed by atoms with Gasteiger partial charge in [-0.25, -0.2) is 9.97 Å². The maximum Gasteiger partial charge on any atom is 0.270 e. The van der Waals surface area contributed by atoms with Gasteiger partial charge in [-0.05, 0) is 24.3 Å². The van der Waals surface area contributed by atoms with Crippen molar-refractivity contribution in [3.8, 4) is 11.3 Å². The predicted octanol–water partition coefficient (Wildman–Crippen LogP) is 4.34. The van der Waals surface area contributed by atoms with E-state index in [4.69, 9.17) is 0 Å². The molecule has 26 heavy (non-hydrogen) atoms. The average molecular weight is 343 g/mol. The summed E-state index contributed by atoms with van der Waals surface area (Å²) in [4.78, 5) is 24.0. The Hall–Kier alpha value is -3.87. The Labute approximate surface area is 148 Å². The quantitative estimate of drug-likeness (QED) is 0.437. The minimum Gasteiger partial charge on any atom is -0.338 e. The van der Waals surface area contributed by atoms with Gasteiger partial charge in [-0.15, -0.1) is 0 Å². The molecule has 0 saturated heterocycles. The first-order valence-electron chi connectivity index (χ1n) is 7.89. The molecule has 2 aromatic heterocycles. The number of pyridine rings is 1. The van der Waals surface area contributed by atoms with Gasteiger partial charge in [0.15, 0.2) is 5.82 Å². The maximum atomic E-state index is 11.1. The molecule has 0 radical (unpaired) electrons. The molecule has 0 unspecified atom stereocenters. The number of nitrogens with one attached hydrogen (secondary N) is 1. The van der Waals surface area contributed by atoms with Crippen LogP contribution in [-0.2, 0) is 0 Å². The van der Waals surface area contributed by atoms with E-state index in [1.54, 1.807) is 24.5 Å². The summed E-state index contributed by atoms with van der Waals surface area (Å²) in [5.41, 5.74) is 3.43. The van der Waals surface area contributed by atoms with Gasteiger partial charge in [0.25, 0.3) is 5.69 Å². The van der Waals surface area contributed by atoms with E-state index in [-0.39, 0.29) is 5.69 Å². The van der Waals surface area contributed by atoms with Crippen LogP contribution in [0.3, 0.4) is 0 Å². The van der Waals surface area contributed by atoms with Crippen LogP contribution in [0.25, 0.3) is 22.3 Å². The molecule has 7 heteroatoms. The van der Waals surface area contributed by atoms with Crippen molar-refractivity contribution in [1.29, 1.82) is 0 Å². The number of hydrogen-bond donors (Lipinski definition) is 1. The lowest BCUT2D eigenvalue weighted by Gasteiger charge is -2.12. The van der Waals surface area contributed by atoms with Crippen LogP contribution in [0, 0.1) is 10.1 Å². The van der Waals surface area contributed by atoms with Gasteiger partial charge < -0.3 is 5.32 Å². The molecule has 126 valence electrons. The van der Waals surface area contributed by atoms with Gasteiger partial charge in [0.2, 0.25) is 0 Å². The second-order valence-corrected chi connectivity index (χ2v) is 5.58. The van der Waals surface area contributed by atoms with E-state index in [0.717, 1.165) is 11.2 Å². The van der Waals surface area contributed by atoms with Crippen molar-refractivity contribution in [1.82, 2.24) is 15.0 Å². The Balaban J connectivity index is 1.90. The smallest absolute Gasteiger partial charge is 0.270 e. The van der Waals surface area contributed by atoms with E-state index < -0.39 is 4.92 Å². The minimum atomic E-state index is -0.423. The zero-order valence-corrected chi connectivity index (χ0v) is 13.5. The highest BCUT2D eigenvalue weighted by molar-refractivity contribution is 5.85. The minimum absolute atomic E-state index is 0.00678. The van der Waals surface area contributed by atoms with Crippen LogP contribution in [0.5, 0.6) is 0 Å². The number of nitro groups is 1. The van der Waals surface area contributed by atoms with Crippen molar-refractivity contribution in [3.63, 3.8) is 0 Å². The lowest BCUT2D eigenvalue weighted by molar-refractivity contribution is -0.384. The van der Waals surface area contributed by atoms with Crippen molar-refractivity contribution in [3.05, 3.63) is 83.2 Å². The molecule has 0 aliphatic carbocycles. The zero-order valence-electron chi connectivity index (χ0n) is 13.5. The van der Waals surface area contributed by atoms with E-state index in [1.807, 2.05) is 36.4 Å². The summed E-state index contributed by atoms with van der Waals surface area (Å²) in [7, 11) is 0. The van der Waals surface area contributed by atoms with Gasteiger partial charge >= 0.3 is 0 Å². The van der Waals surface area contributed by atoms with Crippen molar-refractivity contribution in [2.24, 2.45) is 0 Å². The lowest BCUT2D eigenvalue weighted by Crippen LogP contribution is -2.00. The van der Waals surface area contributed by atoms with E-state index in [1.165, 1.54) is 12.1 Å². The molecule has 4 rings (SSSR count). The van der Waals surface area contributed by atoms with Crippen molar-refractivity contribution in [2.75, 3.05) is 5.32 Å². The van der Waals surface area contributed by atoms with Crippen LogP contribution in [0.1, 0.15) is 0 Å². The van der Waals surface area contributed by atoms with Crippen LogP contribution in [0.2, 0.25) is 0 Å². The fourth-order valence-corrected chi connectivity index (χ4v) is 2.63. The number of aromatic nitrogens is 3. The Morgan fingerprint density at radius 3 is 2.35 bits per heavy atom. The van der Waals surface area contributed by atoms with Crippen molar-refractivity contribution >= 4 is 28.2 Å². The standard InChI is InChI=1S/C19H13N5O2/c25-24(26)15-5-3-4-13(12-15)18-19(21-14-8-10-20-11-9-14)23-17-7-2-1-6-16(17)22-18/h1-12H,(H,20,21,23). The number of nitro benzene ring substituents is 1. The molecule has 0 aliphatic rings. The van der Waals surface area contributed by atoms with Gasteiger partial charge in [-0.3, -0.25) is 15.1 Å². The molecule has 2 heterocycles. The summed E-state index contributed by atoms with van der Waals surface area (Å²) in [5.74, 6) is 0.524. The monoisotopic (exact) mass is 343 g/mol. The third-order valence-electron chi connectivity index (χ3n) is 3.84. The van der Waals surface area contributed by atoms with Gasteiger partial charge in [-0.2, -0.15) is 0 Å². The molecule has 0 amide bonds. The highest BCUT2D eigenvalue weighted by atomic mass is 16.6. The molecule has 0 atom stereocenters. The van der Waals surface area contributed by atoms with Crippen LogP contribution in [0.4, 0.5) is 17.2 Å². The lowest BCUT2D eigenvalue weighted by atomic mass is 10.1. The number of fused-ring (bicyclic) bond motifs is 1. The largest absolute Gasteiger partial charge is 0.338 e. The second-order valence-electron chi connectivity index (χ2n) is 5.58. The molecule has 0 spiro atoms. The number of para-hydroxylation sites is 2. The van der Waals surface area contributed by atoms with Crippen LogP contribution >= 0.6 is 0 Å². The molecule has 0 aliphatic heterocycles. The fourth-order valence-electron chi connectivity index (χ4n) is 2.63. The molecule has 1 N–H and O–H groups in total. The van der Waals surface area contributed by atoms with E-state index >= 15 is 0 Å². The first-order chi connectivity index (χ1) is 12.7. The number of nitrogens with zero attached hydrogens (tertiary/aromatic N) is 4. The number of benzene rings is 2. The summed E-state index contributed by atoms with van der Waals surface area (Å²) >= 11 is 0. The highest BCUT2D eigenvalue weighted by Gasteiger charge is 2.14. The van der Waals surface area contributed by atoms with Crippen molar-refractivity contribution < 1.29 is 4.92 Å². The number of non-ortho nitro benzene ring substituents is 1. The van der Waals surface area contributed by atoms with Gasteiger partial charge in [-0.1, -0.05) is 24.3 Å². The summed E-state index contributed by atoms with van der Waals surface area (Å²) in [6.07, 6.45) is 3.34. The molecule has 0 bridgehead atoms. The Morgan fingerprint density at radius 2 is 1.62 bits per heavy atom. The first kappa shape index (κ1) is 15.6. The first-order valence-corrected chi connectivity index (χ1v) is 7.89. The van der Waals surface area contributed by atoms with Gasteiger partial charge in [0.05, 0.1) is 16.0 Å². The number of rotatable bonds is 4. The van der Waals surface area contributed by atoms with Crippen LogP contribution in [0.15, 0.2) is 73.1 Å². The van der Waals surface area contributed by atoms with Gasteiger partial charge in [0, 0.05) is 35.8 Å². The van der Waals surface area contributed by atoms with E-state index in [2.05, 4.69) is 20.3 Å². The van der Waals surface area contributed by atoms with Crippen molar-refractivity contribution in [2.45, 2.75) is 0 Å². The van der Waals surface area contributed by atoms with Crippen LogP contribution in [-0.4, -0.2) is 19.9 Å². The number of anilines is 2. The summed E-state index contributed by atoms with van der Waals surface area (Å²) < 4.78 is 0. The Morgan fingerprint density at radius 1 is 0.885 bits per heavy atom. The normalized spacial score (nSPS) is 10.6. The maximum absolute atomic E-state index is 11.1. The van der Waals surface area contributed by atoms with Gasteiger partial charge in [0.1, 0.15) is 5.69 Å². The molecule has 4 aromatic rings. The number of hydrogen-bond acceptors (Lipinski definition) is 6. The molecule has 0 fully saturated rings. The third-order valence-corrected chi connectivity index (χ3v) is 3.84. The van der Waals surface area contributed by atoms with E-state index in [0.29, 0.717) is 22.6 Å².